The van der Waals surface area contributed by atoms with Crippen molar-refractivity contribution in [3.05, 3.63) is 59.1 Å². The molecule has 2 rings (SSSR count). The molecule has 0 saturated carbocycles. The number of aromatic nitrogens is 2. The quantitative estimate of drug-likeness (QED) is 0.842. The smallest absolute Gasteiger partial charge is 0.149 e. The zero-order valence-electron chi connectivity index (χ0n) is 7.97. The van der Waals surface area contributed by atoms with Crippen molar-refractivity contribution in [2.75, 3.05) is 0 Å². The molecule has 1 aromatic heterocycles. The molecule has 0 saturated heterocycles. The summed E-state index contributed by atoms with van der Waals surface area (Å²) < 4.78 is 0. The lowest BCUT2D eigenvalue weighted by molar-refractivity contribution is 0.780. The van der Waals surface area contributed by atoms with E-state index >= 15 is 0 Å². The zero-order chi connectivity index (χ0) is 10.7. The van der Waals surface area contributed by atoms with Gasteiger partial charge in [0.1, 0.15) is 5.82 Å². The molecule has 1 aromatic carbocycles. The second kappa shape index (κ2) is 4.38. The van der Waals surface area contributed by atoms with E-state index in [1.807, 2.05) is 12.1 Å². The molecule has 0 fully saturated rings. The Balaban J connectivity index is 2.29. The summed E-state index contributed by atoms with van der Waals surface area (Å²) in [6.45, 7) is 0. The topological polar surface area (TPSA) is 51.8 Å². The summed E-state index contributed by atoms with van der Waals surface area (Å²) in [7, 11) is 0. The van der Waals surface area contributed by atoms with Crippen LogP contribution in [0.5, 0.6) is 0 Å². The summed E-state index contributed by atoms with van der Waals surface area (Å²) in [6, 6.07) is 8.83. The van der Waals surface area contributed by atoms with E-state index in [2.05, 4.69) is 9.97 Å². The Hall–Kier alpha value is -1.45. The van der Waals surface area contributed by atoms with Gasteiger partial charge in [-0.1, -0.05) is 23.7 Å². The first-order valence-corrected chi connectivity index (χ1v) is 4.93. The molecule has 0 amide bonds. The van der Waals surface area contributed by atoms with E-state index in [9.17, 15) is 0 Å². The first-order valence-electron chi connectivity index (χ1n) is 4.55. The predicted molar refractivity (Wildman–Crippen MR) is 59.5 cm³/mol. The van der Waals surface area contributed by atoms with Crippen LogP contribution in [0.4, 0.5) is 0 Å². The highest BCUT2D eigenvalue weighted by Gasteiger charge is 2.10. The van der Waals surface area contributed by atoms with E-state index in [1.54, 1.807) is 30.6 Å². The number of rotatable bonds is 2. The molecule has 2 N–H and O–H groups in total. The van der Waals surface area contributed by atoms with E-state index in [-0.39, 0.29) is 6.04 Å². The Morgan fingerprint density at radius 1 is 1.07 bits per heavy atom. The van der Waals surface area contributed by atoms with Crippen LogP contribution in [0.1, 0.15) is 17.4 Å². The van der Waals surface area contributed by atoms with E-state index < -0.39 is 0 Å². The van der Waals surface area contributed by atoms with Gasteiger partial charge in [0.25, 0.3) is 0 Å². The minimum Gasteiger partial charge on any atom is -0.318 e. The molecule has 0 aliphatic rings. The summed E-state index contributed by atoms with van der Waals surface area (Å²) in [6.07, 6.45) is 3.36. The number of nitrogens with zero attached hydrogens (tertiary/aromatic N) is 2. The highest BCUT2D eigenvalue weighted by molar-refractivity contribution is 6.30. The normalized spacial score (nSPS) is 12.4. The van der Waals surface area contributed by atoms with Crippen LogP contribution in [0.2, 0.25) is 5.02 Å². The fraction of sp³-hybridized carbons (Fsp3) is 0.0909. The molecule has 76 valence electrons. The molecule has 15 heavy (non-hydrogen) atoms. The van der Waals surface area contributed by atoms with E-state index in [4.69, 9.17) is 17.3 Å². The first-order chi connectivity index (χ1) is 7.27. The third-order valence-electron chi connectivity index (χ3n) is 2.09. The van der Waals surface area contributed by atoms with Gasteiger partial charge in [-0.25, -0.2) is 9.97 Å². The lowest BCUT2D eigenvalue weighted by Gasteiger charge is -2.09. The Labute approximate surface area is 92.9 Å². The lowest BCUT2D eigenvalue weighted by Crippen LogP contribution is -2.14. The fourth-order valence-electron chi connectivity index (χ4n) is 1.29. The molecular formula is C11H10ClN3. The van der Waals surface area contributed by atoms with Gasteiger partial charge in [-0.15, -0.1) is 0 Å². The Bertz CT molecular complexity index is 427. The van der Waals surface area contributed by atoms with E-state index in [0.29, 0.717) is 10.8 Å². The minimum atomic E-state index is -0.302. The van der Waals surface area contributed by atoms with Crippen molar-refractivity contribution in [2.24, 2.45) is 5.73 Å². The number of halogens is 1. The molecule has 0 radical (unpaired) electrons. The van der Waals surface area contributed by atoms with Crippen molar-refractivity contribution < 1.29 is 0 Å². The van der Waals surface area contributed by atoms with Crippen LogP contribution in [0.25, 0.3) is 0 Å². The average Bonchev–Trinajstić information content (AvgIpc) is 2.30. The molecule has 1 atom stereocenters. The second-order valence-electron chi connectivity index (χ2n) is 3.14. The molecule has 1 heterocycles. The van der Waals surface area contributed by atoms with Gasteiger partial charge in [-0.05, 0) is 23.8 Å². The van der Waals surface area contributed by atoms with Crippen LogP contribution in [0.3, 0.4) is 0 Å². The van der Waals surface area contributed by atoms with Crippen LogP contribution in [-0.2, 0) is 0 Å². The van der Waals surface area contributed by atoms with Gasteiger partial charge >= 0.3 is 0 Å². The summed E-state index contributed by atoms with van der Waals surface area (Å²) in [5, 5.41) is 0.694. The largest absolute Gasteiger partial charge is 0.318 e. The van der Waals surface area contributed by atoms with Crippen molar-refractivity contribution in [3.63, 3.8) is 0 Å². The molecule has 4 heteroatoms. The molecular weight excluding hydrogens is 210 g/mol. The van der Waals surface area contributed by atoms with Gasteiger partial charge < -0.3 is 5.73 Å². The SMILES string of the molecule is N[C@H](c1ccc(Cl)cc1)c1ncccn1. The third-order valence-corrected chi connectivity index (χ3v) is 2.35. The van der Waals surface area contributed by atoms with Gasteiger partial charge in [-0.2, -0.15) is 0 Å². The number of hydrogen-bond donors (Lipinski definition) is 1. The Morgan fingerprint density at radius 3 is 2.27 bits per heavy atom. The number of nitrogens with two attached hydrogens (primary N) is 1. The Kier molecular flexibility index (Phi) is 2.94. The molecule has 0 aliphatic carbocycles. The van der Waals surface area contributed by atoms with Crippen molar-refractivity contribution >= 4 is 11.6 Å². The van der Waals surface area contributed by atoms with Crippen LogP contribution in [0, 0.1) is 0 Å². The van der Waals surface area contributed by atoms with Crippen LogP contribution in [0.15, 0.2) is 42.7 Å². The van der Waals surface area contributed by atoms with Crippen molar-refractivity contribution in [1.82, 2.24) is 9.97 Å². The molecule has 0 bridgehead atoms. The van der Waals surface area contributed by atoms with Gasteiger partial charge in [0.2, 0.25) is 0 Å². The zero-order valence-corrected chi connectivity index (χ0v) is 8.72. The molecule has 2 aromatic rings. The van der Waals surface area contributed by atoms with Crippen LogP contribution >= 0.6 is 11.6 Å². The van der Waals surface area contributed by atoms with Gasteiger partial charge in [0.15, 0.2) is 0 Å². The highest BCUT2D eigenvalue weighted by Crippen LogP contribution is 2.17. The summed E-state index contributed by atoms with van der Waals surface area (Å²) in [5.41, 5.74) is 6.95. The molecule has 0 aliphatic heterocycles. The number of hydrogen-bond acceptors (Lipinski definition) is 3. The summed E-state index contributed by atoms with van der Waals surface area (Å²) in [5.74, 6) is 0.611. The summed E-state index contributed by atoms with van der Waals surface area (Å²) >= 11 is 5.79. The van der Waals surface area contributed by atoms with Crippen LogP contribution in [-0.4, -0.2) is 9.97 Å². The fourth-order valence-corrected chi connectivity index (χ4v) is 1.42. The third kappa shape index (κ3) is 2.32. The maximum atomic E-state index is 6.00. The van der Waals surface area contributed by atoms with Crippen molar-refractivity contribution in [3.8, 4) is 0 Å². The molecule has 0 spiro atoms. The van der Waals surface area contributed by atoms with Crippen molar-refractivity contribution in [1.29, 1.82) is 0 Å². The second-order valence-corrected chi connectivity index (χ2v) is 3.57. The van der Waals surface area contributed by atoms with E-state index in [1.165, 1.54) is 0 Å². The Morgan fingerprint density at radius 2 is 1.67 bits per heavy atom. The molecule has 3 nitrogen and oxygen atoms in total. The van der Waals surface area contributed by atoms with E-state index in [0.717, 1.165) is 5.56 Å². The van der Waals surface area contributed by atoms with Crippen LogP contribution < -0.4 is 5.73 Å². The predicted octanol–water partition coefficient (Wildman–Crippen LogP) is 2.18. The monoisotopic (exact) mass is 219 g/mol. The maximum Gasteiger partial charge on any atom is 0.149 e. The minimum absolute atomic E-state index is 0.302. The summed E-state index contributed by atoms with van der Waals surface area (Å²) in [4.78, 5) is 8.22. The lowest BCUT2D eigenvalue weighted by atomic mass is 10.1. The maximum absolute atomic E-state index is 6.00. The first kappa shape index (κ1) is 10.1. The van der Waals surface area contributed by atoms with Gasteiger partial charge in [0, 0.05) is 17.4 Å². The van der Waals surface area contributed by atoms with Gasteiger partial charge in [-0.3, -0.25) is 0 Å². The molecule has 0 unspecified atom stereocenters. The van der Waals surface area contributed by atoms with Crippen molar-refractivity contribution in [2.45, 2.75) is 6.04 Å². The average molecular weight is 220 g/mol. The standard InChI is InChI=1S/C11H10ClN3/c12-9-4-2-8(3-5-9)10(13)11-14-6-1-7-15-11/h1-7,10H,13H2/t10-/m1/s1. The number of benzene rings is 1. The van der Waals surface area contributed by atoms with Gasteiger partial charge in [0.05, 0.1) is 6.04 Å². The highest BCUT2D eigenvalue weighted by atomic mass is 35.5.